The quantitative estimate of drug-likeness (QED) is 0.488. The van der Waals surface area contributed by atoms with Gasteiger partial charge in [-0.05, 0) is 17.7 Å². The third kappa shape index (κ3) is 4.10. The van der Waals surface area contributed by atoms with E-state index >= 15 is 0 Å². The monoisotopic (exact) mass is 385 g/mol. The number of hydrogen-bond donors (Lipinski definition) is 1. The molecular formula is C23H19N3OS. The van der Waals surface area contributed by atoms with Crippen molar-refractivity contribution in [1.82, 2.24) is 4.68 Å². The maximum Gasteiger partial charge on any atom is 0.206 e. The van der Waals surface area contributed by atoms with Crippen molar-refractivity contribution in [3.05, 3.63) is 106 Å². The van der Waals surface area contributed by atoms with Gasteiger partial charge in [-0.25, -0.2) is 4.68 Å². The Labute approximate surface area is 167 Å². The Morgan fingerprint density at radius 1 is 0.857 bits per heavy atom. The van der Waals surface area contributed by atoms with Crippen LogP contribution in [0.5, 0.6) is 5.75 Å². The lowest BCUT2D eigenvalue weighted by Gasteiger charge is -2.04. The maximum atomic E-state index is 10.0. The Bertz CT molecular complexity index is 1150. The number of aromatic hydroxyl groups is 1. The van der Waals surface area contributed by atoms with Crippen LogP contribution in [0.25, 0.3) is 11.3 Å². The van der Waals surface area contributed by atoms with Crippen LogP contribution >= 0.6 is 11.3 Å². The van der Waals surface area contributed by atoms with E-state index in [0.29, 0.717) is 12.1 Å². The van der Waals surface area contributed by atoms with E-state index in [1.807, 2.05) is 53.2 Å². The molecule has 0 aliphatic heterocycles. The highest BCUT2D eigenvalue weighted by molar-refractivity contribution is 7.07. The van der Waals surface area contributed by atoms with E-state index in [1.54, 1.807) is 29.7 Å². The minimum absolute atomic E-state index is 0.200. The first-order valence-electron chi connectivity index (χ1n) is 8.94. The average Bonchev–Trinajstić information content (AvgIpc) is 3.16. The Balaban J connectivity index is 1.76. The first kappa shape index (κ1) is 17.9. The van der Waals surface area contributed by atoms with Crippen LogP contribution in [0.2, 0.25) is 0 Å². The molecule has 0 unspecified atom stereocenters. The first-order chi connectivity index (χ1) is 13.8. The van der Waals surface area contributed by atoms with Gasteiger partial charge in [0.25, 0.3) is 0 Å². The molecule has 3 aromatic carbocycles. The molecule has 5 heteroatoms. The van der Waals surface area contributed by atoms with Crippen molar-refractivity contribution < 1.29 is 5.11 Å². The molecule has 4 rings (SSSR count). The molecule has 28 heavy (non-hydrogen) atoms. The maximum absolute atomic E-state index is 10.0. The van der Waals surface area contributed by atoms with Gasteiger partial charge in [0.1, 0.15) is 5.75 Å². The van der Waals surface area contributed by atoms with Crippen molar-refractivity contribution >= 4 is 17.6 Å². The van der Waals surface area contributed by atoms with Gasteiger partial charge in [0, 0.05) is 16.5 Å². The molecule has 0 saturated carbocycles. The Morgan fingerprint density at radius 2 is 1.54 bits per heavy atom. The highest BCUT2D eigenvalue weighted by atomic mass is 32.1. The second-order valence-corrected chi connectivity index (χ2v) is 7.02. The third-order valence-electron chi connectivity index (χ3n) is 4.24. The molecule has 4 aromatic rings. The summed E-state index contributed by atoms with van der Waals surface area (Å²) in [6, 6.07) is 27.4. The van der Waals surface area contributed by atoms with Gasteiger partial charge in [0.05, 0.1) is 18.5 Å². The van der Waals surface area contributed by atoms with Crippen molar-refractivity contribution in [2.75, 3.05) is 0 Å². The standard InChI is InChI=1S/C23H19N3OS/c27-22-14-8-7-13-20(22)16-25-26-21(19-11-5-2-6-12-19)17-28-23(26)24-15-18-9-3-1-4-10-18/h1-14,16-17,27H,15H2. The second kappa shape index (κ2) is 8.50. The number of rotatable bonds is 5. The van der Waals surface area contributed by atoms with Crippen molar-refractivity contribution in [2.45, 2.75) is 6.54 Å². The summed E-state index contributed by atoms with van der Waals surface area (Å²) in [5.74, 6) is 0.200. The molecule has 0 radical (unpaired) electrons. The lowest BCUT2D eigenvalue weighted by Crippen LogP contribution is -2.12. The molecule has 0 spiro atoms. The molecule has 1 N–H and O–H groups in total. The average molecular weight is 385 g/mol. The van der Waals surface area contributed by atoms with Crippen molar-refractivity contribution in [3.63, 3.8) is 0 Å². The Morgan fingerprint density at radius 3 is 2.29 bits per heavy atom. The molecule has 0 aliphatic carbocycles. The van der Waals surface area contributed by atoms with Crippen LogP contribution in [0.1, 0.15) is 11.1 Å². The SMILES string of the molecule is Oc1ccccc1C=Nn1c(-c2ccccc2)csc1=NCc1ccccc1. The molecule has 1 aromatic heterocycles. The van der Waals surface area contributed by atoms with Gasteiger partial charge in [0.2, 0.25) is 4.80 Å². The second-order valence-electron chi connectivity index (χ2n) is 6.19. The lowest BCUT2D eigenvalue weighted by molar-refractivity contribution is 0.474. The van der Waals surface area contributed by atoms with Crippen LogP contribution in [0.3, 0.4) is 0 Å². The van der Waals surface area contributed by atoms with Gasteiger partial charge in [-0.3, -0.25) is 4.99 Å². The highest BCUT2D eigenvalue weighted by Gasteiger charge is 2.07. The molecule has 0 atom stereocenters. The molecule has 138 valence electrons. The van der Waals surface area contributed by atoms with E-state index in [9.17, 15) is 5.11 Å². The summed E-state index contributed by atoms with van der Waals surface area (Å²) < 4.78 is 1.83. The summed E-state index contributed by atoms with van der Waals surface area (Å²) in [5, 5.41) is 16.7. The van der Waals surface area contributed by atoms with Crippen molar-refractivity contribution in [3.8, 4) is 17.0 Å². The summed E-state index contributed by atoms with van der Waals surface area (Å²) in [4.78, 5) is 5.56. The molecule has 0 fully saturated rings. The van der Waals surface area contributed by atoms with Crippen molar-refractivity contribution in [2.24, 2.45) is 10.1 Å². The third-order valence-corrected chi connectivity index (χ3v) is 5.10. The molecule has 0 aliphatic rings. The molecule has 0 bridgehead atoms. The number of nitrogens with zero attached hydrogens (tertiary/aromatic N) is 3. The van der Waals surface area contributed by atoms with Crippen LogP contribution in [0, 0.1) is 0 Å². The topological polar surface area (TPSA) is 49.9 Å². The highest BCUT2D eigenvalue weighted by Crippen LogP contribution is 2.20. The molecular weight excluding hydrogens is 366 g/mol. The van der Waals surface area contributed by atoms with E-state index in [4.69, 9.17) is 4.99 Å². The van der Waals surface area contributed by atoms with E-state index in [-0.39, 0.29) is 5.75 Å². The fraction of sp³-hybridized carbons (Fsp3) is 0.0435. The Hall–Kier alpha value is -3.44. The summed E-state index contributed by atoms with van der Waals surface area (Å²) in [6.45, 7) is 0.585. The van der Waals surface area contributed by atoms with Crippen LogP contribution in [0.15, 0.2) is 100 Å². The zero-order valence-corrected chi connectivity index (χ0v) is 16.0. The molecule has 1 heterocycles. The number of phenolic OH excluding ortho intramolecular Hbond substituents is 1. The fourth-order valence-corrected chi connectivity index (χ4v) is 3.62. The van der Waals surface area contributed by atoms with Crippen molar-refractivity contribution in [1.29, 1.82) is 0 Å². The minimum Gasteiger partial charge on any atom is -0.507 e. The zero-order chi connectivity index (χ0) is 19.2. The van der Waals surface area contributed by atoms with E-state index in [0.717, 1.165) is 21.6 Å². The fourth-order valence-electron chi connectivity index (χ4n) is 2.79. The number of para-hydroxylation sites is 1. The number of hydrogen-bond acceptors (Lipinski definition) is 4. The van der Waals surface area contributed by atoms with Crippen LogP contribution < -0.4 is 4.80 Å². The van der Waals surface area contributed by atoms with Crippen LogP contribution in [-0.2, 0) is 6.54 Å². The van der Waals surface area contributed by atoms with Crippen LogP contribution in [0.4, 0.5) is 0 Å². The van der Waals surface area contributed by atoms with Gasteiger partial charge in [-0.1, -0.05) is 72.8 Å². The predicted octanol–water partition coefficient (Wildman–Crippen LogP) is 4.91. The van der Waals surface area contributed by atoms with Crippen LogP contribution in [-0.4, -0.2) is 16.0 Å². The van der Waals surface area contributed by atoms with Gasteiger partial charge < -0.3 is 5.11 Å². The number of benzene rings is 3. The van der Waals surface area contributed by atoms with Gasteiger partial charge in [-0.15, -0.1) is 11.3 Å². The normalized spacial score (nSPS) is 11.9. The molecule has 0 saturated heterocycles. The summed E-state index contributed by atoms with van der Waals surface area (Å²) in [5.41, 5.74) is 3.83. The first-order valence-corrected chi connectivity index (χ1v) is 9.82. The summed E-state index contributed by atoms with van der Waals surface area (Å²) in [6.07, 6.45) is 1.66. The van der Waals surface area contributed by atoms with E-state index < -0.39 is 0 Å². The summed E-state index contributed by atoms with van der Waals surface area (Å²) >= 11 is 1.55. The number of aromatic nitrogens is 1. The van der Waals surface area contributed by atoms with Gasteiger partial charge in [-0.2, -0.15) is 5.10 Å². The minimum atomic E-state index is 0.200. The molecule has 0 amide bonds. The molecule has 4 nitrogen and oxygen atoms in total. The number of thiazole rings is 1. The van der Waals surface area contributed by atoms with E-state index in [2.05, 4.69) is 34.7 Å². The summed E-state index contributed by atoms with van der Waals surface area (Å²) in [7, 11) is 0. The Kier molecular flexibility index (Phi) is 5.45. The smallest absolute Gasteiger partial charge is 0.206 e. The largest absolute Gasteiger partial charge is 0.507 e. The van der Waals surface area contributed by atoms with E-state index in [1.165, 1.54) is 0 Å². The number of phenols is 1. The predicted molar refractivity (Wildman–Crippen MR) is 115 cm³/mol. The van der Waals surface area contributed by atoms with Gasteiger partial charge >= 0.3 is 0 Å². The zero-order valence-electron chi connectivity index (χ0n) is 15.1. The lowest BCUT2D eigenvalue weighted by atomic mass is 10.2. The van der Waals surface area contributed by atoms with Gasteiger partial charge in [0.15, 0.2) is 0 Å².